The number of para-hydroxylation sites is 1. The smallest absolute Gasteiger partial charge is 0.314 e. The van der Waals surface area contributed by atoms with Crippen molar-refractivity contribution >= 4 is 11.7 Å². The third-order valence-corrected chi connectivity index (χ3v) is 3.79. The number of carboxylic acid groups (broad SMARTS) is 1. The van der Waals surface area contributed by atoms with Crippen molar-refractivity contribution in [3.63, 3.8) is 0 Å². The van der Waals surface area contributed by atoms with Gasteiger partial charge in [0.05, 0.1) is 5.41 Å². The first-order chi connectivity index (χ1) is 7.24. The second-order valence-electron chi connectivity index (χ2n) is 4.39. The lowest BCUT2D eigenvalue weighted by Gasteiger charge is -2.47. The first-order valence-electron chi connectivity index (χ1n) is 5.32. The number of hydrogen-bond acceptors (Lipinski definition) is 2. The number of aliphatic carboxylic acids is 1. The van der Waals surface area contributed by atoms with E-state index in [1.807, 2.05) is 24.3 Å². The lowest BCUT2D eigenvalue weighted by atomic mass is 9.68. The van der Waals surface area contributed by atoms with Gasteiger partial charge in [0.2, 0.25) is 0 Å². The van der Waals surface area contributed by atoms with Gasteiger partial charge in [0, 0.05) is 18.8 Å². The summed E-state index contributed by atoms with van der Waals surface area (Å²) in [5.41, 5.74) is 1.53. The Morgan fingerprint density at radius 2 is 1.93 bits per heavy atom. The lowest BCUT2D eigenvalue weighted by molar-refractivity contribution is -0.145. The van der Waals surface area contributed by atoms with E-state index in [-0.39, 0.29) is 0 Å². The summed E-state index contributed by atoms with van der Waals surface area (Å²) in [6, 6.07) is 7.92. The fraction of sp³-hybridized carbons (Fsp3) is 0.417. The summed E-state index contributed by atoms with van der Waals surface area (Å²) in [4.78, 5) is 13.8. The number of piperidine rings is 1. The van der Waals surface area contributed by atoms with Crippen molar-refractivity contribution in [3.05, 3.63) is 29.8 Å². The van der Waals surface area contributed by atoms with Crippen molar-refractivity contribution in [1.82, 2.24) is 0 Å². The van der Waals surface area contributed by atoms with Crippen LogP contribution in [0.4, 0.5) is 5.69 Å². The molecule has 78 valence electrons. The minimum absolute atomic E-state index is 0.606. The third-order valence-electron chi connectivity index (χ3n) is 3.79. The van der Waals surface area contributed by atoms with Gasteiger partial charge in [0.15, 0.2) is 0 Å². The van der Waals surface area contributed by atoms with Gasteiger partial charge in [0.1, 0.15) is 0 Å². The molecule has 15 heavy (non-hydrogen) atoms. The zero-order valence-corrected chi connectivity index (χ0v) is 8.44. The molecule has 3 heterocycles. The Morgan fingerprint density at radius 3 is 2.60 bits per heavy atom. The van der Waals surface area contributed by atoms with Crippen molar-refractivity contribution in [2.24, 2.45) is 0 Å². The molecule has 3 nitrogen and oxygen atoms in total. The van der Waals surface area contributed by atoms with Crippen LogP contribution in [0.3, 0.4) is 0 Å². The first kappa shape index (κ1) is 8.77. The average molecular weight is 203 g/mol. The van der Waals surface area contributed by atoms with Gasteiger partial charge in [-0.15, -0.1) is 0 Å². The topological polar surface area (TPSA) is 40.5 Å². The van der Waals surface area contributed by atoms with Crippen molar-refractivity contribution in [2.45, 2.75) is 18.3 Å². The lowest BCUT2D eigenvalue weighted by Crippen LogP contribution is -2.52. The highest BCUT2D eigenvalue weighted by Gasteiger charge is 2.48. The maximum Gasteiger partial charge on any atom is 0.314 e. The predicted molar refractivity (Wildman–Crippen MR) is 57.2 cm³/mol. The van der Waals surface area contributed by atoms with Crippen LogP contribution in [0.5, 0.6) is 0 Å². The number of nitrogens with zero attached hydrogens (tertiary/aromatic N) is 1. The average Bonchev–Trinajstić information content (AvgIpc) is 2.31. The molecule has 0 spiro atoms. The van der Waals surface area contributed by atoms with E-state index < -0.39 is 11.4 Å². The maximum absolute atomic E-state index is 11.5. The zero-order chi connectivity index (χ0) is 10.5. The summed E-state index contributed by atoms with van der Waals surface area (Å²) in [6.07, 6.45) is 1.50. The molecule has 0 saturated carbocycles. The minimum Gasteiger partial charge on any atom is -0.481 e. The molecule has 0 amide bonds. The van der Waals surface area contributed by atoms with E-state index in [0.717, 1.165) is 37.2 Å². The highest BCUT2D eigenvalue weighted by Crippen LogP contribution is 2.46. The number of benzene rings is 1. The molecule has 4 rings (SSSR count). The molecule has 1 fully saturated rings. The molecule has 0 aliphatic carbocycles. The van der Waals surface area contributed by atoms with Crippen molar-refractivity contribution in [3.8, 4) is 0 Å². The third kappa shape index (κ3) is 0.978. The summed E-state index contributed by atoms with van der Waals surface area (Å²) in [6.45, 7) is 1.76. The summed E-state index contributed by atoms with van der Waals surface area (Å²) < 4.78 is 0. The normalized spacial score (nSPS) is 21.2. The number of fused-ring (bicyclic) bond motifs is 2. The zero-order valence-electron chi connectivity index (χ0n) is 8.44. The van der Waals surface area contributed by atoms with Gasteiger partial charge in [-0.05, 0) is 24.5 Å². The van der Waals surface area contributed by atoms with Crippen LogP contribution in [0.1, 0.15) is 18.4 Å². The fourth-order valence-corrected chi connectivity index (χ4v) is 2.88. The van der Waals surface area contributed by atoms with Crippen molar-refractivity contribution < 1.29 is 9.90 Å². The van der Waals surface area contributed by atoms with E-state index in [1.165, 1.54) is 0 Å². The summed E-state index contributed by atoms with van der Waals surface area (Å²) in [7, 11) is 0. The molecule has 0 unspecified atom stereocenters. The largest absolute Gasteiger partial charge is 0.481 e. The summed E-state index contributed by atoms with van der Waals surface area (Å²) in [5.74, 6) is -0.658. The number of hydrogen-bond donors (Lipinski definition) is 1. The molecule has 3 aliphatic heterocycles. The number of carbonyl (C=O) groups is 1. The van der Waals surface area contributed by atoms with Crippen LogP contribution in [0.2, 0.25) is 0 Å². The number of rotatable bonds is 1. The van der Waals surface area contributed by atoms with Gasteiger partial charge in [-0.25, -0.2) is 0 Å². The molecule has 0 atom stereocenters. The number of carboxylic acids is 1. The Labute approximate surface area is 88.3 Å². The van der Waals surface area contributed by atoms with Crippen molar-refractivity contribution in [1.29, 1.82) is 0 Å². The molecule has 3 heteroatoms. The Morgan fingerprint density at radius 1 is 1.27 bits per heavy atom. The molecule has 1 aromatic carbocycles. The van der Waals surface area contributed by atoms with Gasteiger partial charge in [-0.1, -0.05) is 18.2 Å². The van der Waals surface area contributed by atoms with Crippen molar-refractivity contribution in [2.75, 3.05) is 18.0 Å². The quantitative estimate of drug-likeness (QED) is 0.754. The van der Waals surface area contributed by atoms with Crippen LogP contribution in [0, 0.1) is 0 Å². The molecule has 1 aromatic rings. The van der Waals surface area contributed by atoms with Gasteiger partial charge >= 0.3 is 5.97 Å². The standard InChI is InChI=1S/C12H13NO2/c14-11(15)12-5-7-13(8-6-12)10-4-2-1-3-9(10)12/h1-4H,5-8H2,(H,14,15). The summed E-state index contributed by atoms with van der Waals surface area (Å²) in [5, 5.41) is 9.44. The second kappa shape index (κ2) is 2.75. The first-order valence-corrected chi connectivity index (χ1v) is 5.32. The van der Waals surface area contributed by atoms with E-state index >= 15 is 0 Å². The van der Waals surface area contributed by atoms with Gasteiger partial charge < -0.3 is 10.0 Å². The molecule has 0 radical (unpaired) electrons. The van der Waals surface area contributed by atoms with E-state index in [9.17, 15) is 9.90 Å². The Kier molecular flexibility index (Phi) is 1.61. The van der Waals surface area contributed by atoms with Gasteiger partial charge in [-0.3, -0.25) is 4.79 Å². The van der Waals surface area contributed by atoms with Crippen LogP contribution < -0.4 is 4.90 Å². The molecule has 3 aliphatic rings. The molecule has 0 aromatic heterocycles. The van der Waals surface area contributed by atoms with E-state index in [2.05, 4.69) is 4.90 Å². The van der Waals surface area contributed by atoms with Crippen LogP contribution in [0.25, 0.3) is 0 Å². The van der Waals surface area contributed by atoms with Crippen LogP contribution >= 0.6 is 0 Å². The minimum atomic E-state index is -0.658. The van der Waals surface area contributed by atoms with E-state index in [0.29, 0.717) is 0 Å². The Hall–Kier alpha value is -1.51. The SMILES string of the molecule is O=C(O)C12CCN(CC1)c1ccccc12. The number of anilines is 1. The van der Waals surface area contributed by atoms with E-state index in [4.69, 9.17) is 0 Å². The molecular weight excluding hydrogens is 190 g/mol. The fourth-order valence-electron chi connectivity index (χ4n) is 2.88. The molecular formula is C12H13NO2. The molecule has 1 N–H and O–H groups in total. The maximum atomic E-state index is 11.5. The van der Waals surface area contributed by atoms with E-state index in [1.54, 1.807) is 0 Å². The Bertz CT molecular complexity index is 419. The molecule has 2 bridgehead atoms. The molecule has 1 saturated heterocycles. The monoisotopic (exact) mass is 203 g/mol. The van der Waals surface area contributed by atoms with Crippen LogP contribution in [-0.4, -0.2) is 24.2 Å². The summed E-state index contributed by atoms with van der Waals surface area (Å²) >= 11 is 0. The predicted octanol–water partition coefficient (Wildman–Crippen LogP) is 1.62. The Balaban J connectivity index is 2.24. The highest BCUT2D eigenvalue weighted by atomic mass is 16.4. The van der Waals surface area contributed by atoms with Gasteiger partial charge in [-0.2, -0.15) is 0 Å². The van der Waals surface area contributed by atoms with Crippen LogP contribution in [-0.2, 0) is 10.2 Å². The van der Waals surface area contributed by atoms with Crippen LogP contribution in [0.15, 0.2) is 24.3 Å². The second-order valence-corrected chi connectivity index (χ2v) is 4.39. The highest BCUT2D eigenvalue weighted by molar-refractivity contribution is 5.86. The van der Waals surface area contributed by atoms with Gasteiger partial charge in [0.25, 0.3) is 0 Å².